The van der Waals surface area contributed by atoms with Gasteiger partial charge in [0.05, 0.1) is 0 Å². The zero-order chi connectivity index (χ0) is 72.7. The first kappa shape index (κ1) is 74.1. The predicted octanol–water partition coefficient (Wildman–Crippen LogP) is 23.5. The van der Waals surface area contributed by atoms with Crippen LogP contribution in [0.4, 0.5) is 0 Å². The van der Waals surface area contributed by atoms with Crippen molar-refractivity contribution in [3.63, 3.8) is 0 Å². The molecule has 4 nitrogen and oxygen atoms in total. The number of nitrogens with zero attached hydrogens (tertiary/aromatic N) is 4. The van der Waals surface area contributed by atoms with E-state index in [0.717, 1.165) is 5.92 Å². The van der Waals surface area contributed by atoms with Gasteiger partial charge < -0.3 is 0 Å². The molecule has 1 saturated carbocycles. The van der Waals surface area contributed by atoms with Crippen LogP contribution >= 0.6 is 0 Å². The van der Waals surface area contributed by atoms with Gasteiger partial charge in [0.15, 0.2) is 24.8 Å². The SMILES string of the molecule is Cc1cc(-c2cc(-c3ccccc3C)c(C)cc2C)[n+](C)cc1C.Cc1ccc(-c2cc(-c3ccccc3C)c(C)cc2C)[n+](C)c1.Cc1ccccc1-c1cc(-c2cc(C(C)C)c(C)c[n+]2C)c(C)cc1C.Cc1ccccc1-c1cc(-c2cc(C3CCCCC3)cc[n+]2C)c(C)cc1C. The summed E-state index contributed by atoms with van der Waals surface area (Å²) < 4.78 is 9.00. The molecular formula is C97H112N4+4. The van der Waals surface area contributed by atoms with Crippen LogP contribution in [0.25, 0.3) is 89.5 Å². The minimum Gasteiger partial charge on any atom is -0.201 e. The Kier molecular flexibility index (Phi) is 23.7. The van der Waals surface area contributed by atoms with Crippen molar-refractivity contribution >= 4 is 0 Å². The second-order valence-electron chi connectivity index (χ2n) is 29.9. The van der Waals surface area contributed by atoms with Crippen LogP contribution in [0.15, 0.2) is 207 Å². The molecule has 0 unspecified atom stereocenters. The van der Waals surface area contributed by atoms with Crippen molar-refractivity contribution in [2.45, 2.75) is 169 Å². The maximum atomic E-state index is 2.45. The number of rotatable bonds is 10. The van der Waals surface area contributed by atoms with Gasteiger partial charge in [-0.15, -0.1) is 0 Å². The number of aryl methyl sites for hydroxylation is 20. The van der Waals surface area contributed by atoms with Crippen molar-refractivity contribution in [1.82, 2.24) is 0 Å². The molecular weight excluding hydrogens is 1220 g/mol. The summed E-state index contributed by atoms with van der Waals surface area (Å²) in [5, 5.41) is 0. The molecule has 13 rings (SSSR count). The summed E-state index contributed by atoms with van der Waals surface area (Å²) in [6.45, 7) is 39.7. The van der Waals surface area contributed by atoms with E-state index in [2.05, 4.69) is 378 Å². The van der Waals surface area contributed by atoms with Crippen LogP contribution in [0.5, 0.6) is 0 Å². The molecule has 4 heterocycles. The largest absolute Gasteiger partial charge is 0.212 e. The van der Waals surface area contributed by atoms with E-state index in [1.807, 2.05) is 0 Å². The average Bonchev–Trinajstić information content (AvgIpc) is 0.794. The van der Waals surface area contributed by atoms with Crippen molar-refractivity contribution in [1.29, 1.82) is 0 Å². The lowest BCUT2D eigenvalue weighted by Gasteiger charge is -2.22. The quantitative estimate of drug-likeness (QED) is 0.121. The van der Waals surface area contributed by atoms with Crippen molar-refractivity contribution in [3.05, 3.63) is 307 Å². The van der Waals surface area contributed by atoms with E-state index in [9.17, 15) is 0 Å². The van der Waals surface area contributed by atoms with Gasteiger partial charge in [-0.25, -0.2) is 18.3 Å². The molecule has 1 aliphatic rings. The van der Waals surface area contributed by atoms with E-state index in [-0.39, 0.29) is 0 Å². The van der Waals surface area contributed by atoms with Crippen LogP contribution in [0.2, 0.25) is 0 Å². The Bertz CT molecular complexity index is 5010. The lowest BCUT2D eigenvalue weighted by Crippen LogP contribution is -2.32. The summed E-state index contributed by atoms with van der Waals surface area (Å²) in [4.78, 5) is 0. The predicted molar refractivity (Wildman–Crippen MR) is 430 cm³/mol. The van der Waals surface area contributed by atoms with Crippen molar-refractivity contribution in [2.75, 3.05) is 0 Å². The number of hydrogen-bond donors (Lipinski definition) is 0. The fourth-order valence-electron chi connectivity index (χ4n) is 15.6. The van der Waals surface area contributed by atoms with Crippen LogP contribution in [-0.4, -0.2) is 0 Å². The monoisotopic (exact) mass is 1330 g/mol. The second kappa shape index (κ2) is 32.3. The van der Waals surface area contributed by atoms with Gasteiger partial charge in [0.1, 0.15) is 28.2 Å². The minimum atomic E-state index is 0.525. The minimum absolute atomic E-state index is 0.525. The summed E-state index contributed by atoms with van der Waals surface area (Å²) in [5.41, 5.74) is 45.2. The molecule has 1 aliphatic carbocycles. The molecule has 0 radical (unpaired) electrons. The van der Waals surface area contributed by atoms with E-state index < -0.39 is 0 Å². The smallest absolute Gasteiger partial charge is 0.201 e. The second-order valence-corrected chi connectivity index (χ2v) is 29.9. The standard InChI is InChI=1S/C27H32N.C25H30N.C23H26N.C22H24N/c1-19-10-8-9-13-24(19)25-18-26(21(3)16-20(25)2)27-17-23(14-15-28(27)4)22-11-6-5-7-12-22;1-16(2)22-14-25(26(7)15-20(22)6)24-13-23(18(4)12-19(24)5)21-11-9-8-10-17(21)3;1-15-9-7-8-10-20(15)21-13-22(18(4)11-17(21)3)23-12-16(2)19(5)14-24(23)6;1-15-10-11-22(23(5)14-15)21-13-20(17(3)12-18(21)4)19-9-7-6-8-16(19)2/h8-10,13-18,22H,5-7,11-12H2,1-4H3;8-16H,1-7H3;7-14H,1-6H3;6-14H,1-5H3/q4*+1. The van der Waals surface area contributed by atoms with Gasteiger partial charge in [-0.05, 0) is 294 Å². The number of hydrogen-bond acceptors (Lipinski definition) is 0. The van der Waals surface area contributed by atoms with E-state index in [1.54, 1.807) is 0 Å². The summed E-state index contributed by atoms with van der Waals surface area (Å²) in [6, 6.07) is 67.3. The zero-order valence-electron chi connectivity index (χ0n) is 65.1. The first-order chi connectivity index (χ1) is 48.2. The van der Waals surface area contributed by atoms with Crippen LogP contribution in [-0.2, 0) is 28.2 Å². The van der Waals surface area contributed by atoms with Crippen molar-refractivity contribution in [3.8, 4) is 89.5 Å². The zero-order valence-corrected chi connectivity index (χ0v) is 65.1. The third kappa shape index (κ3) is 16.9. The molecule has 12 aromatic rings. The Hall–Kier alpha value is -9.64. The molecule has 0 atom stereocenters. The third-order valence-electron chi connectivity index (χ3n) is 21.5. The maximum absolute atomic E-state index is 2.45. The molecule has 1 fully saturated rings. The average molecular weight is 1330 g/mol. The Morgan fingerprint density at radius 1 is 0.257 bits per heavy atom. The molecule has 4 heteroatoms. The lowest BCUT2D eigenvalue weighted by atomic mass is 9.83. The Morgan fingerprint density at radius 2 is 0.594 bits per heavy atom. The van der Waals surface area contributed by atoms with Gasteiger partial charge in [0.25, 0.3) is 0 Å². The molecule has 0 bridgehead atoms. The highest BCUT2D eigenvalue weighted by atomic mass is 14.9. The van der Waals surface area contributed by atoms with Crippen LogP contribution < -0.4 is 18.3 Å². The summed E-state index contributed by atoms with van der Waals surface area (Å²) >= 11 is 0. The Labute approximate surface area is 607 Å². The number of benzene rings is 8. The van der Waals surface area contributed by atoms with Gasteiger partial charge in [0, 0.05) is 69.3 Å². The molecule has 4 aromatic heterocycles. The topological polar surface area (TPSA) is 15.5 Å². The molecule has 0 N–H and O–H groups in total. The van der Waals surface area contributed by atoms with Gasteiger partial charge in [-0.1, -0.05) is 154 Å². The van der Waals surface area contributed by atoms with Crippen LogP contribution in [0, 0.1) is 111 Å². The Morgan fingerprint density at radius 3 is 0.970 bits per heavy atom. The van der Waals surface area contributed by atoms with Crippen LogP contribution in [0.3, 0.4) is 0 Å². The highest BCUT2D eigenvalue weighted by Crippen LogP contribution is 2.40. The molecule has 516 valence electrons. The van der Waals surface area contributed by atoms with E-state index in [4.69, 9.17) is 0 Å². The summed E-state index contributed by atoms with van der Waals surface area (Å²) in [5.74, 6) is 1.26. The van der Waals surface area contributed by atoms with E-state index >= 15 is 0 Å². The Balaban J connectivity index is 0.000000146. The molecule has 101 heavy (non-hydrogen) atoms. The molecule has 0 spiro atoms. The lowest BCUT2D eigenvalue weighted by molar-refractivity contribution is -0.660. The van der Waals surface area contributed by atoms with E-state index in [0.29, 0.717) is 5.92 Å². The van der Waals surface area contributed by atoms with Crippen LogP contribution in [0.1, 0.15) is 158 Å². The third-order valence-corrected chi connectivity index (χ3v) is 21.5. The summed E-state index contributed by atoms with van der Waals surface area (Å²) in [7, 11) is 8.58. The van der Waals surface area contributed by atoms with Crippen molar-refractivity contribution < 1.29 is 18.3 Å². The highest BCUT2D eigenvalue weighted by Gasteiger charge is 2.25. The maximum Gasteiger partial charge on any atom is 0.212 e. The summed E-state index contributed by atoms with van der Waals surface area (Å²) in [6.07, 6.45) is 15.8. The van der Waals surface area contributed by atoms with Crippen molar-refractivity contribution in [2.24, 2.45) is 28.2 Å². The fraction of sp³-hybridized carbons (Fsp3) is 0.299. The molecule has 0 saturated heterocycles. The fourth-order valence-corrected chi connectivity index (χ4v) is 15.6. The van der Waals surface area contributed by atoms with Gasteiger partial charge in [-0.3, -0.25) is 0 Å². The first-order valence-electron chi connectivity index (χ1n) is 36.8. The van der Waals surface area contributed by atoms with Gasteiger partial charge in [-0.2, -0.15) is 0 Å². The molecule has 0 aliphatic heterocycles. The first-order valence-corrected chi connectivity index (χ1v) is 36.8. The number of pyridine rings is 4. The van der Waals surface area contributed by atoms with E-state index in [1.165, 1.54) is 222 Å². The van der Waals surface area contributed by atoms with Gasteiger partial charge >= 0.3 is 0 Å². The normalized spacial score (nSPS) is 12.1. The highest BCUT2D eigenvalue weighted by molar-refractivity contribution is 5.81. The molecule has 8 aromatic carbocycles. The molecule has 0 amide bonds. The van der Waals surface area contributed by atoms with Gasteiger partial charge in [0.2, 0.25) is 22.8 Å². The number of aromatic nitrogens is 4.